The van der Waals surface area contributed by atoms with Crippen LogP contribution in [0.25, 0.3) is 6.08 Å². The average Bonchev–Trinajstić information content (AvgIpc) is 3.11. The number of carbonyl (C=O) groups is 2. The number of carbonyl (C=O) groups excluding carboxylic acids is 2. The molecule has 0 saturated carbocycles. The number of aryl methyl sites for hydroxylation is 1. The van der Waals surface area contributed by atoms with Crippen LogP contribution in [0, 0.1) is 10.5 Å². The van der Waals surface area contributed by atoms with E-state index in [2.05, 4.69) is 27.6 Å². The number of halogens is 1. The van der Waals surface area contributed by atoms with E-state index in [0.717, 1.165) is 26.5 Å². The van der Waals surface area contributed by atoms with Crippen LogP contribution in [0.15, 0.2) is 57.6 Å². The lowest BCUT2D eigenvalue weighted by molar-refractivity contribution is -0.138. The van der Waals surface area contributed by atoms with Gasteiger partial charge in [0.2, 0.25) is 0 Å². The van der Waals surface area contributed by atoms with Crippen LogP contribution in [-0.4, -0.2) is 41.8 Å². The van der Waals surface area contributed by atoms with Gasteiger partial charge in [0.1, 0.15) is 16.4 Å². The third kappa shape index (κ3) is 6.26. The summed E-state index contributed by atoms with van der Waals surface area (Å²) in [6, 6.07) is 10.7. The first-order valence-electron chi connectivity index (χ1n) is 11.1. The topological polar surface area (TPSA) is 94.4 Å². The molecule has 184 valence electrons. The summed E-state index contributed by atoms with van der Waals surface area (Å²) in [5.41, 5.74) is 1.78. The second-order valence-electron chi connectivity index (χ2n) is 7.29. The number of aliphatic hydroxyl groups is 1. The molecule has 1 aliphatic rings. The molecule has 0 fully saturated rings. The molecule has 1 amide bonds. The molecule has 35 heavy (non-hydrogen) atoms. The van der Waals surface area contributed by atoms with Crippen LogP contribution in [0.4, 0.5) is 0 Å². The summed E-state index contributed by atoms with van der Waals surface area (Å²) in [5, 5.41) is 11.0. The minimum absolute atomic E-state index is 0.0890. The monoisotopic (exact) mass is 607 g/mol. The van der Waals surface area contributed by atoms with Gasteiger partial charge in [-0.1, -0.05) is 30.0 Å². The Bertz CT molecular complexity index is 1230. The SMILES string of the molecule is CCOC(=O)C1=C(O)/C(=C/c2cc(I)c(OCC)c(OCC)c2)SC1=NC(=O)c1ccccc1C. The summed E-state index contributed by atoms with van der Waals surface area (Å²) in [7, 11) is 0. The Kier molecular flexibility index (Phi) is 9.39. The lowest BCUT2D eigenvalue weighted by atomic mass is 10.1. The summed E-state index contributed by atoms with van der Waals surface area (Å²) in [5.74, 6) is -0.307. The van der Waals surface area contributed by atoms with E-state index in [1.807, 2.05) is 39.0 Å². The third-order valence-corrected chi connectivity index (χ3v) is 6.69. The highest BCUT2D eigenvalue weighted by Crippen LogP contribution is 2.41. The highest BCUT2D eigenvalue weighted by Gasteiger charge is 2.34. The Morgan fingerprint density at radius 3 is 2.46 bits per heavy atom. The summed E-state index contributed by atoms with van der Waals surface area (Å²) < 4.78 is 17.4. The van der Waals surface area contributed by atoms with Gasteiger partial charge in [0, 0.05) is 5.56 Å². The number of ether oxygens (including phenoxy) is 3. The zero-order valence-corrected chi connectivity index (χ0v) is 22.9. The van der Waals surface area contributed by atoms with Gasteiger partial charge in [0.05, 0.1) is 28.3 Å². The van der Waals surface area contributed by atoms with Crippen LogP contribution in [0.5, 0.6) is 11.5 Å². The number of hydrogen-bond acceptors (Lipinski definition) is 7. The summed E-state index contributed by atoms with van der Waals surface area (Å²) >= 11 is 3.20. The van der Waals surface area contributed by atoms with Crippen molar-refractivity contribution in [3.8, 4) is 11.5 Å². The third-order valence-electron chi connectivity index (χ3n) is 4.87. The van der Waals surface area contributed by atoms with Gasteiger partial charge in [-0.05, 0) is 85.7 Å². The van der Waals surface area contributed by atoms with Crippen LogP contribution < -0.4 is 9.47 Å². The van der Waals surface area contributed by atoms with E-state index in [1.165, 1.54) is 0 Å². The Morgan fingerprint density at radius 1 is 1.09 bits per heavy atom. The molecule has 0 spiro atoms. The molecule has 2 aromatic rings. The molecule has 9 heteroatoms. The van der Waals surface area contributed by atoms with E-state index in [9.17, 15) is 14.7 Å². The molecule has 0 aliphatic carbocycles. The number of thioether (sulfide) groups is 1. The van der Waals surface area contributed by atoms with E-state index in [-0.39, 0.29) is 23.0 Å². The lowest BCUT2D eigenvalue weighted by Gasteiger charge is -2.13. The fraction of sp³-hybridized carbons (Fsp3) is 0.269. The molecule has 0 bridgehead atoms. The van der Waals surface area contributed by atoms with Crippen molar-refractivity contribution < 1.29 is 28.9 Å². The van der Waals surface area contributed by atoms with Gasteiger partial charge in [0.15, 0.2) is 11.5 Å². The van der Waals surface area contributed by atoms with Crippen LogP contribution >= 0.6 is 34.4 Å². The fourth-order valence-corrected chi connectivity index (χ4v) is 5.12. The molecule has 3 rings (SSSR count). The summed E-state index contributed by atoms with van der Waals surface area (Å²) in [6.45, 7) is 8.33. The molecule has 0 radical (unpaired) electrons. The molecule has 2 aromatic carbocycles. The van der Waals surface area contributed by atoms with Crippen molar-refractivity contribution in [3.63, 3.8) is 0 Å². The van der Waals surface area contributed by atoms with Crippen LogP contribution in [0.3, 0.4) is 0 Å². The van der Waals surface area contributed by atoms with Crippen LogP contribution in [0.2, 0.25) is 0 Å². The number of hydrogen-bond donors (Lipinski definition) is 1. The molecular weight excluding hydrogens is 581 g/mol. The smallest absolute Gasteiger partial charge is 0.344 e. The van der Waals surface area contributed by atoms with E-state index < -0.39 is 11.9 Å². The van der Waals surface area contributed by atoms with Crippen molar-refractivity contribution in [1.29, 1.82) is 0 Å². The fourth-order valence-electron chi connectivity index (χ4n) is 3.33. The number of aliphatic hydroxyl groups excluding tert-OH is 1. The highest BCUT2D eigenvalue weighted by molar-refractivity contribution is 14.1. The number of benzene rings is 2. The minimum Gasteiger partial charge on any atom is -0.506 e. The van der Waals surface area contributed by atoms with E-state index in [1.54, 1.807) is 31.2 Å². The largest absolute Gasteiger partial charge is 0.506 e. The summed E-state index contributed by atoms with van der Waals surface area (Å²) in [4.78, 5) is 30.1. The first-order chi connectivity index (χ1) is 16.8. The maximum atomic E-state index is 12.9. The maximum absolute atomic E-state index is 12.9. The number of aliphatic imine (C=N–C) groups is 1. The molecule has 1 N–H and O–H groups in total. The quantitative estimate of drug-likeness (QED) is 0.286. The number of rotatable bonds is 8. The van der Waals surface area contributed by atoms with Gasteiger partial charge in [-0.15, -0.1) is 0 Å². The van der Waals surface area contributed by atoms with E-state index in [0.29, 0.717) is 35.2 Å². The predicted molar refractivity (Wildman–Crippen MR) is 146 cm³/mol. The van der Waals surface area contributed by atoms with Crippen LogP contribution in [0.1, 0.15) is 42.3 Å². The lowest BCUT2D eigenvalue weighted by Crippen LogP contribution is -2.14. The van der Waals surface area contributed by atoms with Gasteiger partial charge in [-0.3, -0.25) is 4.79 Å². The zero-order chi connectivity index (χ0) is 25.5. The van der Waals surface area contributed by atoms with Gasteiger partial charge in [0.25, 0.3) is 5.91 Å². The van der Waals surface area contributed by atoms with Crippen molar-refractivity contribution in [3.05, 3.63) is 72.9 Å². The standard InChI is InChI=1S/C26H26INO6S/c1-5-32-19-13-16(12-18(27)23(19)33-6-2)14-20-22(29)21(26(31)34-7-3)25(35-20)28-24(30)17-11-9-8-10-15(17)4/h8-14,29H,5-7H2,1-4H3/b20-14-,28-25?. The second-order valence-corrected chi connectivity index (χ2v) is 9.48. The molecular formula is C26H26INO6S. The normalized spacial score (nSPS) is 15.6. The second kappa shape index (κ2) is 12.3. The zero-order valence-electron chi connectivity index (χ0n) is 19.9. The minimum atomic E-state index is -0.742. The first kappa shape index (κ1) is 26.8. The van der Waals surface area contributed by atoms with Crippen molar-refractivity contribution in [2.24, 2.45) is 4.99 Å². The molecule has 0 saturated heterocycles. The first-order valence-corrected chi connectivity index (χ1v) is 13.0. The summed E-state index contributed by atoms with van der Waals surface area (Å²) in [6.07, 6.45) is 1.71. The maximum Gasteiger partial charge on any atom is 0.344 e. The molecule has 1 aliphatic heterocycles. The highest BCUT2D eigenvalue weighted by atomic mass is 127. The Labute approximate surface area is 222 Å². The number of nitrogens with zero attached hydrogens (tertiary/aromatic N) is 1. The van der Waals surface area contributed by atoms with Crippen LogP contribution in [-0.2, 0) is 9.53 Å². The average molecular weight is 607 g/mol. The Morgan fingerprint density at radius 2 is 1.80 bits per heavy atom. The molecule has 1 heterocycles. The molecule has 0 atom stereocenters. The van der Waals surface area contributed by atoms with Gasteiger partial charge >= 0.3 is 5.97 Å². The molecule has 0 unspecified atom stereocenters. The van der Waals surface area contributed by atoms with Crippen molar-refractivity contribution >= 4 is 57.3 Å². The van der Waals surface area contributed by atoms with Crippen molar-refractivity contribution in [2.45, 2.75) is 27.7 Å². The van der Waals surface area contributed by atoms with E-state index >= 15 is 0 Å². The molecule has 0 aromatic heterocycles. The Balaban J connectivity index is 2.06. The number of esters is 1. The van der Waals surface area contributed by atoms with Gasteiger partial charge in [-0.25, -0.2) is 9.79 Å². The predicted octanol–water partition coefficient (Wildman–Crippen LogP) is 6.10. The van der Waals surface area contributed by atoms with Crippen molar-refractivity contribution in [1.82, 2.24) is 0 Å². The van der Waals surface area contributed by atoms with Crippen molar-refractivity contribution in [2.75, 3.05) is 19.8 Å². The van der Waals surface area contributed by atoms with E-state index in [4.69, 9.17) is 14.2 Å². The van der Waals surface area contributed by atoms with Gasteiger partial charge in [-0.2, -0.15) is 0 Å². The van der Waals surface area contributed by atoms with Gasteiger partial charge < -0.3 is 19.3 Å². The number of amides is 1. The molecule has 7 nitrogen and oxygen atoms in total. The Hall–Kier alpha value is -2.79.